The fraction of sp³-hybridized carbons (Fsp3) is 0.400. The standard InChI is InChI=1S/C20H26N2O4/c1-4-10-22(14-17(23)16-6-5-9-21-13-16)20(24)12-15-7-8-18(25-2)19(11-15)26-3/h5-9,11,13,17,23H,4,10,12,14H2,1-3H3. The first kappa shape index (κ1) is 19.7. The summed E-state index contributed by atoms with van der Waals surface area (Å²) in [5, 5.41) is 10.4. The number of pyridine rings is 1. The number of aromatic nitrogens is 1. The van der Waals surface area contributed by atoms with Crippen LogP contribution in [0.3, 0.4) is 0 Å². The highest BCUT2D eigenvalue weighted by atomic mass is 16.5. The summed E-state index contributed by atoms with van der Waals surface area (Å²) in [6.07, 6.45) is 3.57. The monoisotopic (exact) mass is 358 g/mol. The van der Waals surface area contributed by atoms with Crippen LogP contribution in [0.2, 0.25) is 0 Å². The van der Waals surface area contributed by atoms with Crippen molar-refractivity contribution in [3.63, 3.8) is 0 Å². The summed E-state index contributed by atoms with van der Waals surface area (Å²) >= 11 is 0. The highest BCUT2D eigenvalue weighted by molar-refractivity contribution is 5.79. The predicted molar refractivity (Wildman–Crippen MR) is 99.3 cm³/mol. The molecule has 0 bridgehead atoms. The van der Waals surface area contributed by atoms with Gasteiger partial charge in [0.1, 0.15) is 0 Å². The van der Waals surface area contributed by atoms with E-state index in [-0.39, 0.29) is 18.9 Å². The molecule has 1 aromatic heterocycles. The van der Waals surface area contributed by atoms with E-state index in [0.717, 1.165) is 12.0 Å². The van der Waals surface area contributed by atoms with Gasteiger partial charge in [0.05, 0.1) is 33.3 Å². The van der Waals surface area contributed by atoms with Crippen molar-refractivity contribution in [3.05, 3.63) is 53.9 Å². The van der Waals surface area contributed by atoms with E-state index in [0.29, 0.717) is 23.6 Å². The molecule has 0 spiro atoms. The van der Waals surface area contributed by atoms with Crippen LogP contribution in [0.25, 0.3) is 0 Å². The van der Waals surface area contributed by atoms with Crippen LogP contribution in [0.5, 0.6) is 11.5 Å². The molecule has 0 radical (unpaired) electrons. The quantitative estimate of drug-likeness (QED) is 0.746. The number of carbonyl (C=O) groups excluding carboxylic acids is 1. The minimum absolute atomic E-state index is 0.0398. The number of rotatable bonds is 9. The zero-order chi connectivity index (χ0) is 18.9. The van der Waals surface area contributed by atoms with Gasteiger partial charge in [0.15, 0.2) is 11.5 Å². The van der Waals surface area contributed by atoms with Crippen LogP contribution in [-0.4, -0.2) is 48.2 Å². The Kier molecular flexibility index (Phi) is 7.41. The summed E-state index contributed by atoms with van der Waals surface area (Å²) in [6, 6.07) is 9.02. The van der Waals surface area contributed by atoms with Crippen LogP contribution in [-0.2, 0) is 11.2 Å². The number of ether oxygens (including phenoxy) is 2. The Morgan fingerprint density at radius 2 is 2.00 bits per heavy atom. The first-order valence-corrected chi connectivity index (χ1v) is 8.65. The smallest absolute Gasteiger partial charge is 0.227 e. The summed E-state index contributed by atoms with van der Waals surface area (Å²) in [4.78, 5) is 18.5. The highest BCUT2D eigenvalue weighted by Crippen LogP contribution is 2.28. The molecule has 0 aliphatic rings. The Balaban J connectivity index is 2.08. The van der Waals surface area contributed by atoms with Crippen LogP contribution >= 0.6 is 0 Å². The molecular weight excluding hydrogens is 332 g/mol. The summed E-state index contributed by atoms with van der Waals surface area (Å²) in [5.41, 5.74) is 1.54. The number of methoxy groups -OCH3 is 2. The molecule has 1 amide bonds. The van der Waals surface area contributed by atoms with Crippen LogP contribution in [0.4, 0.5) is 0 Å². The van der Waals surface area contributed by atoms with E-state index >= 15 is 0 Å². The Labute approximate surface area is 154 Å². The van der Waals surface area contributed by atoms with Crippen LogP contribution in [0.15, 0.2) is 42.7 Å². The molecule has 1 unspecified atom stereocenters. The van der Waals surface area contributed by atoms with Gasteiger partial charge in [0.25, 0.3) is 0 Å². The molecule has 1 aromatic carbocycles. The largest absolute Gasteiger partial charge is 0.493 e. The Morgan fingerprint density at radius 3 is 2.62 bits per heavy atom. The second kappa shape index (κ2) is 9.77. The van der Waals surface area contributed by atoms with E-state index in [1.165, 1.54) is 0 Å². The summed E-state index contributed by atoms with van der Waals surface area (Å²) < 4.78 is 10.5. The summed E-state index contributed by atoms with van der Waals surface area (Å²) in [6.45, 7) is 2.84. The normalized spacial score (nSPS) is 11.7. The maximum Gasteiger partial charge on any atom is 0.227 e. The molecule has 0 saturated carbocycles. The first-order chi connectivity index (χ1) is 12.6. The van der Waals surface area contributed by atoms with Crippen molar-refractivity contribution >= 4 is 5.91 Å². The van der Waals surface area contributed by atoms with E-state index in [9.17, 15) is 9.90 Å². The number of hydrogen-bond acceptors (Lipinski definition) is 5. The van der Waals surface area contributed by atoms with Gasteiger partial charge in [0, 0.05) is 24.5 Å². The lowest BCUT2D eigenvalue weighted by atomic mass is 10.1. The molecular formula is C20H26N2O4. The Bertz CT molecular complexity index is 706. The molecule has 26 heavy (non-hydrogen) atoms. The maximum atomic E-state index is 12.8. The lowest BCUT2D eigenvalue weighted by Crippen LogP contribution is -2.36. The predicted octanol–water partition coefficient (Wildman–Crippen LogP) is 2.61. The fourth-order valence-corrected chi connectivity index (χ4v) is 2.75. The van der Waals surface area contributed by atoms with Crippen molar-refractivity contribution in [3.8, 4) is 11.5 Å². The molecule has 0 aliphatic heterocycles. The van der Waals surface area contributed by atoms with Gasteiger partial charge in [-0.05, 0) is 30.2 Å². The van der Waals surface area contributed by atoms with Gasteiger partial charge in [-0.25, -0.2) is 0 Å². The van der Waals surface area contributed by atoms with Crippen LogP contribution in [0.1, 0.15) is 30.6 Å². The summed E-state index contributed by atoms with van der Waals surface area (Å²) in [5.74, 6) is 1.18. The van der Waals surface area contributed by atoms with Gasteiger partial charge in [-0.1, -0.05) is 19.1 Å². The molecule has 1 heterocycles. The third-order valence-corrected chi connectivity index (χ3v) is 4.11. The van der Waals surface area contributed by atoms with Crippen molar-refractivity contribution in [2.45, 2.75) is 25.9 Å². The third kappa shape index (κ3) is 5.20. The van der Waals surface area contributed by atoms with Gasteiger partial charge in [-0.15, -0.1) is 0 Å². The van der Waals surface area contributed by atoms with Crippen molar-refractivity contribution in [2.75, 3.05) is 27.3 Å². The highest BCUT2D eigenvalue weighted by Gasteiger charge is 2.19. The first-order valence-electron chi connectivity index (χ1n) is 8.65. The number of amides is 1. The number of aliphatic hydroxyl groups excluding tert-OH is 1. The zero-order valence-corrected chi connectivity index (χ0v) is 15.5. The number of carbonyl (C=O) groups is 1. The fourth-order valence-electron chi connectivity index (χ4n) is 2.75. The van der Waals surface area contributed by atoms with E-state index in [2.05, 4.69) is 4.98 Å². The number of hydrogen-bond donors (Lipinski definition) is 1. The van der Waals surface area contributed by atoms with E-state index in [1.54, 1.807) is 55.8 Å². The topological polar surface area (TPSA) is 71.9 Å². The number of nitrogens with zero attached hydrogens (tertiary/aromatic N) is 2. The van der Waals surface area contributed by atoms with Crippen LogP contribution < -0.4 is 9.47 Å². The second-order valence-electron chi connectivity index (χ2n) is 6.01. The molecule has 6 nitrogen and oxygen atoms in total. The van der Waals surface area contributed by atoms with Crippen molar-refractivity contribution in [2.24, 2.45) is 0 Å². The molecule has 140 valence electrons. The van der Waals surface area contributed by atoms with Crippen molar-refractivity contribution < 1.29 is 19.4 Å². The van der Waals surface area contributed by atoms with Crippen molar-refractivity contribution in [1.29, 1.82) is 0 Å². The van der Waals surface area contributed by atoms with Gasteiger partial charge >= 0.3 is 0 Å². The SMILES string of the molecule is CCCN(CC(O)c1cccnc1)C(=O)Cc1ccc(OC)c(OC)c1. The molecule has 1 atom stereocenters. The van der Waals surface area contributed by atoms with Gasteiger partial charge in [-0.3, -0.25) is 9.78 Å². The molecule has 0 aliphatic carbocycles. The molecule has 6 heteroatoms. The Morgan fingerprint density at radius 1 is 1.23 bits per heavy atom. The third-order valence-electron chi connectivity index (χ3n) is 4.11. The van der Waals surface area contributed by atoms with Gasteiger partial charge in [0.2, 0.25) is 5.91 Å². The number of aliphatic hydroxyl groups is 1. The number of benzene rings is 1. The average Bonchev–Trinajstić information content (AvgIpc) is 2.68. The maximum absolute atomic E-state index is 12.8. The summed E-state index contributed by atoms with van der Waals surface area (Å²) in [7, 11) is 3.14. The minimum Gasteiger partial charge on any atom is -0.493 e. The average molecular weight is 358 g/mol. The molecule has 2 aromatic rings. The zero-order valence-electron chi connectivity index (χ0n) is 15.5. The molecule has 0 fully saturated rings. The van der Waals surface area contributed by atoms with Gasteiger partial charge in [-0.2, -0.15) is 0 Å². The minimum atomic E-state index is -0.760. The van der Waals surface area contributed by atoms with E-state index in [1.807, 2.05) is 13.0 Å². The van der Waals surface area contributed by atoms with Gasteiger partial charge < -0.3 is 19.5 Å². The lowest BCUT2D eigenvalue weighted by Gasteiger charge is -2.25. The lowest BCUT2D eigenvalue weighted by molar-refractivity contribution is -0.132. The molecule has 0 saturated heterocycles. The van der Waals surface area contributed by atoms with E-state index in [4.69, 9.17) is 9.47 Å². The molecule has 1 N–H and O–H groups in total. The second-order valence-corrected chi connectivity index (χ2v) is 6.01. The van der Waals surface area contributed by atoms with E-state index < -0.39 is 6.10 Å². The Hall–Kier alpha value is -2.60. The molecule has 2 rings (SSSR count). The van der Waals surface area contributed by atoms with Crippen molar-refractivity contribution in [1.82, 2.24) is 9.88 Å². The van der Waals surface area contributed by atoms with Crippen LogP contribution in [0, 0.1) is 0 Å².